The quantitative estimate of drug-likeness (QED) is 0.940. The summed E-state index contributed by atoms with van der Waals surface area (Å²) in [4.78, 5) is 6.84. The summed E-state index contributed by atoms with van der Waals surface area (Å²) in [7, 11) is 0. The molecule has 3 rings (SSSR count). The van der Waals surface area contributed by atoms with Gasteiger partial charge in [-0.05, 0) is 23.8 Å². The smallest absolute Gasteiger partial charge is 0.0824 e. The Labute approximate surface area is 135 Å². The third kappa shape index (κ3) is 3.65. The van der Waals surface area contributed by atoms with Crippen molar-refractivity contribution in [3.8, 4) is 0 Å². The maximum absolute atomic E-state index is 6.23. The average Bonchev–Trinajstić information content (AvgIpc) is 2.51. The Morgan fingerprint density at radius 3 is 3.05 bits per heavy atom. The SMILES string of the molecule is Cl.NCC1CN(Cc2ccc(Cl)c3cccnc23)CCO1. The Balaban J connectivity index is 0.00000161. The first-order valence-electron chi connectivity index (χ1n) is 6.84. The minimum absolute atomic E-state index is 0. The number of fused-ring (bicyclic) bond motifs is 1. The van der Waals surface area contributed by atoms with Crippen molar-refractivity contribution in [3.05, 3.63) is 41.0 Å². The molecule has 0 amide bonds. The predicted octanol–water partition coefficient (Wildman–Crippen LogP) is 2.47. The van der Waals surface area contributed by atoms with Crippen molar-refractivity contribution in [2.75, 3.05) is 26.2 Å². The van der Waals surface area contributed by atoms with Gasteiger partial charge in [-0.1, -0.05) is 17.7 Å². The molecule has 1 aromatic carbocycles. The zero-order chi connectivity index (χ0) is 13.9. The molecule has 1 unspecified atom stereocenters. The molecule has 0 bridgehead atoms. The van der Waals surface area contributed by atoms with Gasteiger partial charge in [0.05, 0.1) is 18.2 Å². The van der Waals surface area contributed by atoms with Crippen molar-refractivity contribution in [2.45, 2.75) is 12.6 Å². The molecule has 6 heteroatoms. The number of aromatic nitrogens is 1. The molecule has 114 valence electrons. The highest BCUT2D eigenvalue weighted by Crippen LogP contribution is 2.25. The normalized spacial score (nSPS) is 19.4. The van der Waals surface area contributed by atoms with Crippen molar-refractivity contribution < 1.29 is 4.74 Å². The molecule has 1 aliphatic rings. The predicted molar refractivity (Wildman–Crippen MR) is 88.1 cm³/mol. The molecular weight excluding hydrogens is 309 g/mol. The summed E-state index contributed by atoms with van der Waals surface area (Å²) < 4.78 is 5.60. The Morgan fingerprint density at radius 1 is 1.38 bits per heavy atom. The van der Waals surface area contributed by atoms with E-state index < -0.39 is 0 Å². The van der Waals surface area contributed by atoms with Crippen LogP contribution < -0.4 is 5.73 Å². The van der Waals surface area contributed by atoms with E-state index in [1.807, 2.05) is 24.4 Å². The highest BCUT2D eigenvalue weighted by atomic mass is 35.5. The van der Waals surface area contributed by atoms with Gasteiger partial charge in [-0.15, -0.1) is 12.4 Å². The minimum Gasteiger partial charge on any atom is -0.374 e. The van der Waals surface area contributed by atoms with Crippen molar-refractivity contribution in [1.29, 1.82) is 0 Å². The number of hydrogen-bond acceptors (Lipinski definition) is 4. The second kappa shape index (κ2) is 7.38. The molecule has 2 N–H and O–H groups in total. The summed E-state index contributed by atoms with van der Waals surface area (Å²) in [6.45, 7) is 3.95. The van der Waals surface area contributed by atoms with E-state index in [4.69, 9.17) is 22.1 Å². The molecule has 1 fully saturated rings. The first-order valence-corrected chi connectivity index (χ1v) is 7.22. The van der Waals surface area contributed by atoms with Crippen LogP contribution in [0.5, 0.6) is 0 Å². The van der Waals surface area contributed by atoms with Gasteiger partial charge >= 0.3 is 0 Å². The van der Waals surface area contributed by atoms with Gasteiger partial charge in [-0.2, -0.15) is 0 Å². The summed E-state index contributed by atoms with van der Waals surface area (Å²) in [6.07, 6.45) is 1.94. The second-order valence-electron chi connectivity index (χ2n) is 5.07. The maximum Gasteiger partial charge on any atom is 0.0824 e. The van der Waals surface area contributed by atoms with Crippen molar-refractivity contribution >= 4 is 34.9 Å². The fourth-order valence-corrected chi connectivity index (χ4v) is 2.85. The monoisotopic (exact) mass is 327 g/mol. The summed E-state index contributed by atoms with van der Waals surface area (Å²) >= 11 is 6.23. The van der Waals surface area contributed by atoms with Crippen molar-refractivity contribution in [3.63, 3.8) is 0 Å². The number of ether oxygens (including phenoxy) is 1. The van der Waals surface area contributed by atoms with E-state index in [-0.39, 0.29) is 18.5 Å². The number of nitrogens with two attached hydrogens (primary N) is 1. The Bertz CT molecular complexity index is 608. The van der Waals surface area contributed by atoms with Gasteiger partial charge in [0.25, 0.3) is 0 Å². The lowest BCUT2D eigenvalue weighted by Crippen LogP contribution is -2.45. The molecule has 1 aromatic heterocycles. The van der Waals surface area contributed by atoms with Crippen LogP contribution >= 0.6 is 24.0 Å². The topological polar surface area (TPSA) is 51.4 Å². The highest BCUT2D eigenvalue weighted by molar-refractivity contribution is 6.35. The first-order chi connectivity index (χ1) is 9.78. The Kier molecular flexibility index (Phi) is 5.79. The van der Waals surface area contributed by atoms with Crippen LogP contribution in [0.2, 0.25) is 5.02 Å². The third-order valence-electron chi connectivity index (χ3n) is 3.68. The number of halogens is 2. The van der Waals surface area contributed by atoms with Gasteiger partial charge in [-0.25, -0.2) is 0 Å². The molecule has 2 aromatic rings. The zero-order valence-corrected chi connectivity index (χ0v) is 13.2. The maximum atomic E-state index is 6.23. The van der Waals surface area contributed by atoms with Gasteiger partial charge in [0, 0.05) is 42.8 Å². The Hall–Kier alpha value is -0.910. The van der Waals surface area contributed by atoms with E-state index in [1.165, 1.54) is 5.56 Å². The minimum atomic E-state index is 0. The zero-order valence-electron chi connectivity index (χ0n) is 11.7. The number of pyridine rings is 1. The largest absolute Gasteiger partial charge is 0.374 e. The lowest BCUT2D eigenvalue weighted by atomic mass is 10.1. The van der Waals surface area contributed by atoms with Crippen molar-refractivity contribution in [2.24, 2.45) is 5.73 Å². The number of benzene rings is 1. The Morgan fingerprint density at radius 2 is 2.24 bits per heavy atom. The van der Waals surface area contributed by atoms with Crippen molar-refractivity contribution in [1.82, 2.24) is 9.88 Å². The standard InChI is InChI=1S/C15H18ClN3O.ClH/c16-14-4-3-11(15-13(14)2-1-5-18-15)9-19-6-7-20-12(8-17)10-19;/h1-5,12H,6-10,17H2;1H. The third-order valence-corrected chi connectivity index (χ3v) is 4.01. The number of morpholine rings is 1. The molecule has 0 spiro atoms. The molecular formula is C15H19Cl2N3O. The number of nitrogens with zero attached hydrogens (tertiary/aromatic N) is 2. The van der Waals surface area contributed by atoms with Crippen LogP contribution in [-0.4, -0.2) is 42.2 Å². The van der Waals surface area contributed by atoms with E-state index in [0.717, 1.165) is 42.2 Å². The number of rotatable bonds is 3. The van der Waals surface area contributed by atoms with Gasteiger partial charge in [0.1, 0.15) is 0 Å². The second-order valence-corrected chi connectivity index (χ2v) is 5.48. The van der Waals surface area contributed by atoms with Gasteiger partial charge in [-0.3, -0.25) is 9.88 Å². The molecule has 0 saturated carbocycles. The highest BCUT2D eigenvalue weighted by Gasteiger charge is 2.20. The van der Waals surface area contributed by atoms with E-state index in [9.17, 15) is 0 Å². The molecule has 1 saturated heterocycles. The van der Waals surface area contributed by atoms with Crippen LogP contribution in [0.3, 0.4) is 0 Å². The summed E-state index contributed by atoms with van der Waals surface area (Å²) in [6, 6.07) is 7.93. The summed E-state index contributed by atoms with van der Waals surface area (Å²) in [5.74, 6) is 0. The van der Waals surface area contributed by atoms with Crippen LogP contribution in [0, 0.1) is 0 Å². The van der Waals surface area contributed by atoms with Crippen LogP contribution in [0.4, 0.5) is 0 Å². The van der Waals surface area contributed by atoms with E-state index >= 15 is 0 Å². The van der Waals surface area contributed by atoms with Crippen LogP contribution in [0.25, 0.3) is 10.9 Å². The lowest BCUT2D eigenvalue weighted by Gasteiger charge is -2.32. The van der Waals surface area contributed by atoms with Gasteiger partial charge in [0.2, 0.25) is 0 Å². The summed E-state index contributed by atoms with van der Waals surface area (Å²) in [5.41, 5.74) is 7.87. The van der Waals surface area contributed by atoms with Crippen LogP contribution in [0.15, 0.2) is 30.5 Å². The average molecular weight is 328 g/mol. The fourth-order valence-electron chi connectivity index (χ4n) is 2.63. The summed E-state index contributed by atoms with van der Waals surface area (Å²) in [5, 5.41) is 1.76. The fraction of sp³-hybridized carbons (Fsp3) is 0.400. The van der Waals surface area contributed by atoms with Crippen LogP contribution in [0.1, 0.15) is 5.56 Å². The molecule has 0 radical (unpaired) electrons. The van der Waals surface area contributed by atoms with Gasteiger partial charge in [0.15, 0.2) is 0 Å². The van der Waals surface area contributed by atoms with E-state index in [1.54, 1.807) is 0 Å². The number of hydrogen-bond donors (Lipinski definition) is 1. The molecule has 21 heavy (non-hydrogen) atoms. The van der Waals surface area contributed by atoms with Gasteiger partial charge < -0.3 is 10.5 Å². The molecule has 1 atom stereocenters. The molecule has 1 aliphatic heterocycles. The van der Waals surface area contributed by atoms with E-state index in [2.05, 4.69) is 16.0 Å². The van der Waals surface area contributed by atoms with Crippen LogP contribution in [-0.2, 0) is 11.3 Å². The first kappa shape index (κ1) is 16.5. The molecule has 2 heterocycles. The molecule has 0 aliphatic carbocycles. The van der Waals surface area contributed by atoms with E-state index in [0.29, 0.717) is 6.54 Å². The molecule has 4 nitrogen and oxygen atoms in total. The lowest BCUT2D eigenvalue weighted by molar-refractivity contribution is -0.0259.